The summed E-state index contributed by atoms with van der Waals surface area (Å²) in [6, 6.07) is 14.6. The lowest BCUT2D eigenvalue weighted by Crippen LogP contribution is -2.23. The van der Waals surface area contributed by atoms with Gasteiger partial charge in [-0.25, -0.2) is 8.78 Å². The summed E-state index contributed by atoms with van der Waals surface area (Å²) in [6.45, 7) is 2.12. The van der Waals surface area contributed by atoms with Gasteiger partial charge in [-0.3, -0.25) is 0 Å². The first-order valence-electron chi connectivity index (χ1n) is 9.50. The summed E-state index contributed by atoms with van der Waals surface area (Å²) >= 11 is 1.37. The van der Waals surface area contributed by atoms with Crippen molar-refractivity contribution in [2.75, 3.05) is 0 Å². The second kappa shape index (κ2) is 7.81. The Kier molecular flexibility index (Phi) is 5.26. The third kappa shape index (κ3) is 3.77. The number of benzene rings is 2. The van der Waals surface area contributed by atoms with Crippen molar-refractivity contribution in [3.05, 3.63) is 65.7 Å². The fourth-order valence-corrected chi connectivity index (χ4v) is 4.22. The summed E-state index contributed by atoms with van der Waals surface area (Å²) in [6.07, 6.45) is 5.66. The van der Waals surface area contributed by atoms with Crippen LogP contribution in [0.4, 0.5) is 8.78 Å². The predicted octanol–water partition coefficient (Wildman–Crippen LogP) is 7.24. The van der Waals surface area contributed by atoms with E-state index in [9.17, 15) is 8.78 Å². The van der Waals surface area contributed by atoms with Crippen LogP contribution in [0.25, 0.3) is 21.6 Å². The zero-order valence-electron chi connectivity index (χ0n) is 15.3. The fraction of sp³-hybridized carbons (Fsp3) is 0.304. The first kappa shape index (κ1) is 18.2. The minimum Gasteiger partial charge on any atom is -0.481 e. The van der Waals surface area contributed by atoms with Crippen LogP contribution in [0, 0.1) is 11.6 Å². The molecule has 2 aromatic carbocycles. The van der Waals surface area contributed by atoms with Gasteiger partial charge >= 0.3 is 0 Å². The number of thiophene rings is 1. The van der Waals surface area contributed by atoms with Gasteiger partial charge in [-0.05, 0) is 55.0 Å². The molecule has 1 aliphatic rings. The second-order valence-electron chi connectivity index (χ2n) is 7.03. The molecule has 0 atom stereocenters. The Morgan fingerprint density at radius 1 is 0.926 bits per heavy atom. The number of halogens is 2. The van der Waals surface area contributed by atoms with E-state index in [1.54, 1.807) is 18.2 Å². The average molecular weight is 384 g/mol. The van der Waals surface area contributed by atoms with Crippen molar-refractivity contribution in [3.8, 4) is 26.6 Å². The van der Waals surface area contributed by atoms with Crippen molar-refractivity contribution < 1.29 is 13.5 Å². The van der Waals surface area contributed by atoms with E-state index in [-0.39, 0.29) is 11.7 Å². The SMILES string of the molecule is CCCc1ccc(-c2ccc(-c3ccc(OC4CCC4)s3)c(F)c2F)cc1. The van der Waals surface area contributed by atoms with Gasteiger partial charge in [-0.15, -0.1) is 0 Å². The molecule has 0 radical (unpaired) electrons. The first-order chi connectivity index (χ1) is 13.2. The Balaban J connectivity index is 1.60. The maximum absolute atomic E-state index is 14.8. The number of ether oxygens (including phenoxy) is 1. The molecular weight excluding hydrogens is 362 g/mol. The van der Waals surface area contributed by atoms with Gasteiger partial charge in [0.1, 0.15) is 0 Å². The Hall–Kier alpha value is -2.20. The third-order valence-corrected chi connectivity index (χ3v) is 6.08. The highest BCUT2D eigenvalue weighted by Gasteiger charge is 2.21. The molecule has 0 amide bonds. The van der Waals surface area contributed by atoms with E-state index < -0.39 is 11.6 Å². The normalized spacial score (nSPS) is 14.2. The van der Waals surface area contributed by atoms with Crippen molar-refractivity contribution in [3.63, 3.8) is 0 Å². The summed E-state index contributed by atoms with van der Waals surface area (Å²) in [5, 5.41) is 0.769. The molecule has 1 saturated carbocycles. The van der Waals surface area contributed by atoms with E-state index >= 15 is 0 Å². The molecule has 0 saturated heterocycles. The van der Waals surface area contributed by atoms with E-state index in [1.807, 2.05) is 30.3 Å². The molecule has 1 fully saturated rings. The minimum atomic E-state index is -0.804. The zero-order chi connectivity index (χ0) is 18.8. The van der Waals surface area contributed by atoms with Crippen molar-refractivity contribution in [1.29, 1.82) is 0 Å². The fourth-order valence-electron chi connectivity index (χ4n) is 3.28. The average Bonchev–Trinajstić information content (AvgIpc) is 3.10. The summed E-state index contributed by atoms with van der Waals surface area (Å²) in [4.78, 5) is 0.686. The highest BCUT2D eigenvalue weighted by Crippen LogP contribution is 2.39. The van der Waals surface area contributed by atoms with Crippen LogP contribution in [0.1, 0.15) is 38.2 Å². The van der Waals surface area contributed by atoms with E-state index in [4.69, 9.17) is 4.74 Å². The van der Waals surface area contributed by atoms with E-state index in [1.165, 1.54) is 23.3 Å². The summed E-state index contributed by atoms with van der Waals surface area (Å²) < 4.78 is 35.4. The third-order valence-electron chi connectivity index (χ3n) is 5.07. The number of rotatable bonds is 6. The molecule has 3 aromatic rings. The quantitative estimate of drug-likeness (QED) is 0.435. The van der Waals surface area contributed by atoms with Gasteiger partial charge in [0.05, 0.1) is 6.10 Å². The Morgan fingerprint density at radius 3 is 2.30 bits per heavy atom. The summed E-state index contributed by atoms with van der Waals surface area (Å²) in [7, 11) is 0. The number of hydrogen-bond acceptors (Lipinski definition) is 2. The Morgan fingerprint density at radius 2 is 1.63 bits per heavy atom. The van der Waals surface area contributed by atoms with Gasteiger partial charge in [0.2, 0.25) is 0 Å². The molecule has 0 N–H and O–H groups in total. The highest BCUT2D eigenvalue weighted by atomic mass is 32.1. The van der Waals surface area contributed by atoms with Crippen LogP contribution in [0.3, 0.4) is 0 Å². The van der Waals surface area contributed by atoms with Crippen LogP contribution >= 0.6 is 11.3 Å². The number of hydrogen-bond donors (Lipinski definition) is 0. The van der Waals surface area contributed by atoms with E-state index in [0.29, 0.717) is 16.0 Å². The molecule has 1 nitrogen and oxygen atoms in total. The maximum atomic E-state index is 14.8. The summed E-state index contributed by atoms with van der Waals surface area (Å²) in [5.74, 6) is -1.60. The molecule has 140 valence electrons. The molecule has 0 bridgehead atoms. The van der Waals surface area contributed by atoms with Crippen LogP contribution < -0.4 is 4.74 Å². The first-order valence-corrected chi connectivity index (χ1v) is 10.3. The monoisotopic (exact) mass is 384 g/mol. The largest absolute Gasteiger partial charge is 0.481 e. The van der Waals surface area contributed by atoms with Crippen molar-refractivity contribution in [2.45, 2.75) is 45.1 Å². The van der Waals surface area contributed by atoms with Crippen LogP contribution in [0.5, 0.6) is 5.06 Å². The van der Waals surface area contributed by atoms with Crippen molar-refractivity contribution in [2.24, 2.45) is 0 Å². The van der Waals surface area contributed by atoms with Crippen LogP contribution in [0.2, 0.25) is 0 Å². The van der Waals surface area contributed by atoms with Crippen molar-refractivity contribution >= 4 is 11.3 Å². The van der Waals surface area contributed by atoms with Crippen molar-refractivity contribution in [1.82, 2.24) is 0 Å². The predicted molar refractivity (Wildman–Crippen MR) is 107 cm³/mol. The molecular formula is C23H22F2OS. The summed E-state index contributed by atoms with van der Waals surface area (Å²) in [5.41, 5.74) is 2.48. The lowest BCUT2D eigenvalue weighted by Gasteiger charge is -2.25. The second-order valence-corrected chi connectivity index (χ2v) is 8.07. The molecule has 0 aliphatic heterocycles. The maximum Gasteiger partial charge on any atom is 0.174 e. The zero-order valence-corrected chi connectivity index (χ0v) is 16.1. The molecule has 1 aliphatic carbocycles. The molecule has 1 aromatic heterocycles. The van der Waals surface area contributed by atoms with Gasteiger partial charge in [-0.2, -0.15) is 0 Å². The van der Waals surface area contributed by atoms with E-state index in [2.05, 4.69) is 6.92 Å². The van der Waals surface area contributed by atoms with E-state index in [0.717, 1.165) is 30.7 Å². The Bertz CT molecular complexity index is 926. The molecule has 1 heterocycles. The van der Waals surface area contributed by atoms with Crippen LogP contribution in [0.15, 0.2) is 48.5 Å². The van der Waals surface area contributed by atoms with Gasteiger partial charge in [0, 0.05) is 16.0 Å². The smallest absolute Gasteiger partial charge is 0.174 e. The molecule has 4 heteroatoms. The topological polar surface area (TPSA) is 9.23 Å². The highest BCUT2D eigenvalue weighted by molar-refractivity contribution is 7.17. The molecule has 0 spiro atoms. The van der Waals surface area contributed by atoms with Gasteiger partial charge in [-0.1, -0.05) is 55.0 Å². The van der Waals surface area contributed by atoms with Crippen LogP contribution in [-0.4, -0.2) is 6.10 Å². The van der Waals surface area contributed by atoms with Gasteiger partial charge in [0.25, 0.3) is 0 Å². The number of aryl methyl sites for hydroxylation is 1. The molecule has 4 rings (SSSR count). The van der Waals surface area contributed by atoms with Gasteiger partial charge < -0.3 is 4.74 Å². The van der Waals surface area contributed by atoms with Gasteiger partial charge in [0.15, 0.2) is 16.7 Å². The molecule has 27 heavy (non-hydrogen) atoms. The standard InChI is InChI=1S/C23H22F2OS/c1-2-4-15-7-9-16(10-8-15)18-11-12-19(23(25)22(18)24)20-13-14-21(27-20)26-17-5-3-6-17/h7-14,17H,2-6H2,1H3. The Labute approximate surface area is 162 Å². The lowest BCUT2D eigenvalue weighted by atomic mass is 9.96. The lowest BCUT2D eigenvalue weighted by molar-refractivity contribution is 0.125. The molecule has 0 unspecified atom stereocenters. The van der Waals surface area contributed by atoms with Crippen LogP contribution in [-0.2, 0) is 6.42 Å². The minimum absolute atomic E-state index is 0.274.